The largest absolute Gasteiger partial charge is 0.481 e. The fourth-order valence-electron chi connectivity index (χ4n) is 1.02. The van der Waals surface area contributed by atoms with E-state index in [1.54, 1.807) is 0 Å². The number of carboxylic acids is 1. The first-order valence-corrected chi connectivity index (χ1v) is 2.82. The molecule has 3 N–H and O–H groups in total. The number of rotatable bonds is 2. The van der Waals surface area contributed by atoms with Gasteiger partial charge in [0.1, 0.15) is 5.92 Å². The van der Waals surface area contributed by atoms with Crippen LogP contribution < -0.4 is 5.73 Å². The second-order valence-electron chi connectivity index (χ2n) is 2.33. The van der Waals surface area contributed by atoms with Crippen LogP contribution in [0.3, 0.4) is 0 Å². The van der Waals surface area contributed by atoms with Crippen molar-refractivity contribution in [2.45, 2.75) is 5.92 Å². The van der Waals surface area contributed by atoms with E-state index < -0.39 is 23.7 Å². The van der Waals surface area contributed by atoms with Crippen molar-refractivity contribution in [2.75, 3.05) is 6.54 Å². The molecule has 1 rings (SSSR count). The molecule has 1 aliphatic rings. The van der Waals surface area contributed by atoms with Gasteiger partial charge in [0.05, 0.1) is 5.92 Å². The van der Waals surface area contributed by atoms with Crippen LogP contribution in [0.5, 0.6) is 0 Å². The number of hydrogen-bond donors (Lipinski definition) is 2. The van der Waals surface area contributed by atoms with E-state index in [-0.39, 0.29) is 6.54 Å². The van der Waals surface area contributed by atoms with Crippen molar-refractivity contribution in [1.29, 1.82) is 0 Å². The number of carbonyl (C=O) groups is 1. The second-order valence-corrected chi connectivity index (χ2v) is 2.33. The molecule has 1 aliphatic carbocycles. The van der Waals surface area contributed by atoms with E-state index in [9.17, 15) is 13.6 Å². The average Bonchev–Trinajstić information content (AvgIpc) is 2.33. The van der Waals surface area contributed by atoms with Crippen molar-refractivity contribution < 1.29 is 18.7 Å². The summed E-state index contributed by atoms with van der Waals surface area (Å²) in [7, 11) is 0. The SMILES string of the molecule is NCC1C(C(=O)O)C1(F)F. The normalized spacial score (nSPS) is 35.5. The minimum atomic E-state index is -3.07. The first-order valence-electron chi connectivity index (χ1n) is 2.82. The molecule has 0 amide bonds. The smallest absolute Gasteiger partial charge is 0.313 e. The highest BCUT2D eigenvalue weighted by atomic mass is 19.3. The Morgan fingerprint density at radius 3 is 2.30 bits per heavy atom. The van der Waals surface area contributed by atoms with Crippen LogP contribution in [0.25, 0.3) is 0 Å². The second kappa shape index (κ2) is 1.88. The molecular formula is C5H7F2NO2. The molecule has 0 heterocycles. The molecule has 2 unspecified atom stereocenters. The summed E-state index contributed by atoms with van der Waals surface area (Å²) < 4.78 is 24.5. The van der Waals surface area contributed by atoms with Gasteiger partial charge in [0.25, 0.3) is 5.92 Å². The van der Waals surface area contributed by atoms with E-state index in [0.717, 1.165) is 0 Å². The maximum Gasteiger partial charge on any atom is 0.313 e. The molecular weight excluding hydrogens is 144 g/mol. The summed E-state index contributed by atoms with van der Waals surface area (Å²) in [6, 6.07) is 0. The molecule has 1 fully saturated rings. The highest BCUT2D eigenvalue weighted by Crippen LogP contribution is 2.54. The quantitative estimate of drug-likeness (QED) is 0.579. The molecule has 0 aromatic rings. The lowest BCUT2D eigenvalue weighted by Gasteiger charge is -1.87. The fourth-order valence-corrected chi connectivity index (χ4v) is 1.02. The Balaban J connectivity index is 2.61. The van der Waals surface area contributed by atoms with Gasteiger partial charge in [-0.25, -0.2) is 8.78 Å². The first kappa shape index (κ1) is 7.40. The predicted molar refractivity (Wildman–Crippen MR) is 28.6 cm³/mol. The average molecular weight is 151 g/mol. The number of hydrogen-bond acceptors (Lipinski definition) is 2. The third-order valence-corrected chi connectivity index (χ3v) is 1.72. The Labute approximate surface area is 55.8 Å². The molecule has 0 saturated heterocycles. The molecule has 58 valence electrons. The van der Waals surface area contributed by atoms with Gasteiger partial charge in [0.15, 0.2) is 0 Å². The molecule has 0 radical (unpaired) electrons. The van der Waals surface area contributed by atoms with E-state index in [0.29, 0.717) is 0 Å². The first-order chi connectivity index (χ1) is 4.51. The summed E-state index contributed by atoms with van der Waals surface area (Å²) in [4.78, 5) is 10.0. The van der Waals surface area contributed by atoms with Crippen LogP contribution >= 0.6 is 0 Å². The van der Waals surface area contributed by atoms with Gasteiger partial charge in [-0.3, -0.25) is 4.79 Å². The number of nitrogens with two attached hydrogens (primary N) is 1. The predicted octanol–water partition coefficient (Wildman–Crippen LogP) is -0.0890. The van der Waals surface area contributed by atoms with Crippen molar-refractivity contribution in [3.05, 3.63) is 0 Å². The van der Waals surface area contributed by atoms with Gasteiger partial charge in [-0.2, -0.15) is 0 Å². The summed E-state index contributed by atoms with van der Waals surface area (Å²) in [5, 5.41) is 8.15. The van der Waals surface area contributed by atoms with Crippen LogP contribution in [0.4, 0.5) is 8.78 Å². The Morgan fingerprint density at radius 1 is 1.70 bits per heavy atom. The van der Waals surface area contributed by atoms with E-state index in [4.69, 9.17) is 10.8 Å². The molecule has 5 heteroatoms. The summed E-state index contributed by atoms with van der Waals surface area (Å²) in [5.41, 5.74) is 4.89. The van der Waals surface area contributed by atoms with Crippen LogP contribution in [0.1, 0.15) is 0 Å². The van der Waals surface area contributed by atoms with E-state index in [2.05, 4.69) is 0 Å². The van der Waals surface area contributed by atoms with Crippen molar-refractivity contribution in [3.8, 4) is 0 Å². The molecule has 0 aromatic heterocycles. The van der Waals surface area contributed by atoms with Crippen LogP contribution in [0.2, 0.25) is 0 Å². The minimum Gasteiger partial charge on any atom is -0.481 e. The maximum atomic E-state index is 12.3. The number of halogens is 2. The Bertz CT molecular complexity index is 171. The topological polar surface area (TPSA) is 63.3 Å². The third kappa shape index (κ3) is 0.775. The van der Waals surface area contributed by atoms with Crippen LogP contribution in [0, 0.1) is 11.8 Å². The highest BCUT2D eigenvalue weighted by Gasteiger charge is 2.71. The van der Waals surface area contributed by atoms with Crippen molar-refractivity contribution in [3.63, 3.8) is 0 Å². The third-order valence-electron chi connectivity index (χ3n) is 1.72. The summed E-state index contributed by atoms with van der Waals surface area (Å²) >= 11 is 0. The van der Waals surface area contributed by atoms with Gasteiger partial charge in [-0.1, -0.05) is 0 Å². The lowest BCUT2D eigenvalue weighted by molar-refractivity contribution is -0.140. The number of alkyl halides is 2. The summed E-state index contributed by atoms with van der Waals surface area (Å²) in [5.74, 6) is -7.22. The number of aliphatic carboxylic acids is 1. The lowest BCUT2D eigenvalue weighted by Crippen LogP contribution is -2.07. The highest BCUT2D eigenvalue weighted by molar-refractivity contribution is 5.76. The van der Waals surface area contributed by atoms with Crippen LogP contribution in [0.15, 0.2) is 0 Å². The zero-order chi connectivity index (χ0) is 7.94. The van der Waals surface area contributed by atoms with E-state index in [1.807, 2.05) is 0 Å². The maximum absolute atomic E-state index is 12.3. The molecule has 3 nitrogen and oxygen atoms in total. The van der Waals surface area contributed by atoms with Gasteiger partial charge in [-0.05, 0) is 0 Å². The number of carboxylic acid groups (broad SMARTS) is 1. The molecule has 0 aromatic carbocycles. The van der Waals surface area contributed by atoms with Crippen LogP contribution in [-0.2, 0) is 4.79 Å². The van der Waals surface area contributed by atoms with Crippen molar-refractivity contribution >= 4 is 5.97 Å². The molecule has 0 bridgehead atoms. The summed E-state index contributed by atoms with van der Waals surface area (Å²) in [6.07, 6.45) is 0. The monoisotopic (exact) mass is 151 g/mol. The molecule has 1 saturated carbocycles. The molecule has 0 spiro atoms. The van der Waals surface area contributed by atoms with Gasteiger partial charge in [-0.15, -0.1) is 0 Å². The van der Waals surface area contributed by atoms with Gasteiger partial charge < -0.3 is 10.8 Å². The Hall–Kier alpha value is -0.710. The molecule has 0 aliphatic heterocycles. The van der Waals surface area contributed by atoms with Crippen molar-refractivity contribution in [2.24, 2.45) is 17.6 Å². The Morgan fingerprint density at radius 2 is 2.20 bits per heavy atom. The summed E-state index contributed by atoms with van der Waals surface area (Å²) in [6.45, 7) is -0.260. The van der Waals surface area contributed by atoms with Crippen LogP contribution in [-0.4, -0.2) is 23.5 Å². The molecule has 2 atom stereocenters. The van der Waals surface area contributed by atoms with Gasteiger partial charge in [0.2, 0.25) is 0 Å². The molecule has 10 heavy (non-hydrogen) atoms. The standard InChI is InChI=1S/C5H7F2NO2/c6-5(7)2(1-8)3(5)4(9)10/h2-3H,1,8H2,(H,9,10). The Kier molecular flexibility index (Phi) is 1.39. The van der Waals surface area contributed by atoms with E-state index >= 15 is 0 Å². The van der Waals surface area contributed by atoms with Gasteiger partial charge >= 0.3 is 5.97 Å². The van der Waals surface area contributed by atoms with Gasteiger partial charge in [0, 0.05) is 6.54 Å². The van der Waals surface area contributed by atoms with E-state index in [1.165, 1.54) is 0 Å². The zero-order valence-electron chi connectivity index (χ0n) is 5.05. The fraction of sp³-hybridized carbons (Fsp3) is 0.800. The minimum absolute atomic E-state index is 0.260. The lowest BCUT2D eigenvalue weighted by atomic mass is 10.3. The zero-order valence-corrected chi connectivity index (χ0v) is 5.05. The van der Waals surface area contributed by atoms with Crippen molar-refractivity contribution in [1.82, 2.24) is 0 Å².